The van der Waals surface area contributed by atoms with Crippen LogP contribution >= 0.6 is 11.8 Å². The zero-order valence-corrected chi connectivity index (χ0v) is 13.9. The third-order valence-electron chi connectivity index (χ3n) is 3.09. The molecule has 1 heterocycles. The smallest absolute Gasteiger partial charge is 0.550 e. The SMILES string of the molecule is C[C@H](C(=O)[O-])c1ccc(/C=C2\SCC[C@@H]2O)cc1.[Na+]. The van der Waals surface area contributed by atoms with Crippen LogP contribution in [0.15, 0.2) is 29.2 Å². The van der Waals surface area contributed by atoms with Crippen molar-refractivity contribution in [2.75, 3.05) is 5.75 Å². The molecule has 0 amide bonds. The Labute approximate surface area is 139 Å². The van der Waals surface area contributed by atoms with Crippen LogP contribution in [-0.2, 0) is 4.79 Å². The summed E-state index contributed by atoms with van der Waals surface area (Å²) in [5, 5.41) is 20.4. The summed E-state index contributed by atoms with van der Waals surface area (Å²) in [4.78, 5) is 11.7. The standard InChI is InChI=1S/C14H16O3S.Na/c1-9(14(16)17)11-4-2-10(3-5-11)8-13-12(15)6-7-18-13;/h2-5,8-9,12,15H,6-7H2,1H3,(H,16,17);/q;+1/p-1/b13-8-;/t9-,12-;/m0./s1. The van der Waals surface area contributed by atoms with E-state index in [1.165, 1.54) is 0 Å². The number of aliphatic carboxylic acids is 1. The third kappa shape index (κ3) is 4.36. The molecule has 0 aliphatic carbocycles. The Bertz CT molecular complexity index is 470. The van der Waals surface area contributed by atoms with Crippen molar-refractivity contribution in [3.63, 3.8) is 0 Å². The summed E-state index contributed by atoms with van der Waals surface area (Å²) in [6, 6.07) is 7.32. The van der Waals surface area contributed by atoms with Crippen molar-refractivity contribution in [1.82, 2.24) is 0 Å². The molecular weight excluding hydrogens is 271 g/mol. The number of thioether (sulfide) groups is 1. The average molecular weight is 286 g/mol. The van der Waals surface area contributed by atoms with E-state index in [1.807, 2.05) is 18.2 Å². The van der Waals surface area contributed by atoms with E-state index in [-0.39, 0.29) is 35.7 Å². The molecule has 1 aromatic rings. The van der Waals surface area contributed by atoms with Gasteiger partial charge in [-0.2, -0.15) is 0 Å². The van der Waals surface area contributed by atoms with E-state index in [9.17, 15) is 15.0 Å². The van der Waals surface area contributed by atoms with Crippen LogP contribution in [-0.4, -0.2) is 22.9 Å². The average Bonchev–Trinajstić information content (AvgIpc) is 2.75. The summed E-state index contributed by atoms with van der Waals surface area (Å²) < 4.78 is 0. The van der Waals surface area contributed by atoms with Gasteiger partial charge in [0.05, 0.1) is 6.10 Å². The van der Waals surface area contributed by atoms with Crippen LogP contribution in [0.2, 0.25) is 0 Å². The maximum atomic E-state index is 10.7. The Balaban J connectivity index is 0.00000180. The Morgan fingerprint density at radius 2 is 2.11 bits per heavy atom. The predicted octanol–water partition coefficient (Wildman–Crippen LogP) is -1.62. The number of hydrogen-bond acceptors (Lipinski definition) is 4. The third-order valence-corrected chi connectivity index (χ3v) is 4.25. The van der Waals surface area contributed by atoms with Crippen molar-refractivity contribution in [1.29, 1.82) is 0 Å². The topological polar surface area (TPSA) is 60.4 Å². The van der Waals surface area contributed by atoms with Gasteiger partial charge in [0.1, 0.15) is 0 Å². The van der Waals surface area contributed by atoms with E-state index in [0.29, 0.717) is 0 Å². The van der Waals surface area contributed by atoms with Crippen LogP contribution in [0.3, 0.4) is 0 Å². The van der Waals surface area contributed by atoms with Crippen molar-refractivity contribution in [3.05, 3.63) is 40.3 Å². The van der Waals surface area contributed by atoms with E-state index < -0.39 is 11.9 Å². The Kier molecular flexibility index (Phi) is 6.63. The van der Waals surface area contributed by atoms with Crippen LogP contribution in [0.1, 0.15) is 30.4 Å². The number of rotatable bonds is 3. The molecule has 2 atom stereocenters. The Hall–Kier alpha value is -0.260. The summed E-state index contributed by atoms with van der Waals surface area (Å²) in [6.45, 7) is 1.61. The molecule has 1 aromatic carbocycles. The number of aliphatic hydroxyl groups is 1. The number of carboxylic acid groups (broad SMARTS) is 1. The molecule has 1 aliphatic rings. The molecule has 0 aromatic heterocycles. The van der Waals surface area contributed by atoms with Crippen LogP contribution in [0.5, 0.6) is 0 Å². The second kappa shape index (κ2) is 7.50. The largest absolute Gasteiger partial charge is 1.00 e. The van der Waals surface area contributed by atoms with Gasteiger partial charge in [-0.3, -0.25) is 0 Å². The number of hydrogen-bond donors (Lipinski definition) is 1. The molecule has 1 fully saturated rings. The van der Waals surface area contributed by atoms with Crippen molar-refractivity contribution in [2.45, 2.75) is 25.4 Å². The molecule has 0 radical (unpaired) electrons. The molecule has 0 bridgehead atoms. The zero-order chi connectivity index (χ0) is 13.1. The fourth-order valence-corrected chi connectivity index (χ4v) is 2.95. The quantitative estimate of drug-likeness (QED) is 0.679. The van der Waals surface area contributed by atoms with E-state index in [0.717, 1.165) is 28.2 Å². The maximum Gasteiger partial charge on any atom is 1.00 e. The number of carboxylic acids is 1. The van der Waals surface area contributed by atoms with E-state index in [2.05, 4.69) is 0 Å². The van der Waals surface area contributed by atoms with Gasteiger partial charge in [0, 0.05) is 22.5 Å². The van der Waals surface area contributed by atoms with Gasteiger partial charge >= 0.3 is 29.6 Å². The molecule has 2 rings (SSSR count). The normalized spacial score (nSPS) is 22.0. The number of carbonyl (C=O) groups excluding carboxylic acids is 1. The molecule has 96 valence electrons. The second-order valence-electron chi connectivity index (χ2n) is 4.41. The first-order valence-corrected chi connectivity index (χ1v) is 6.90. The Morgan fingerprint density at radius 1 is 1.47 bits per heavy atom. The monoisotopic (exact) mass is 286 g/mol. The van der Waals surface area contributed by atoms with Gasteiger partial charge in [-0.1, -0.05) is 31.2 Å². The van der Waals surface area contributed by atoms with Gasteiger partial charge in [0.2, 0.25) is 0 Å². The molecule has 0 saturated carbocycles. The summed E-state index contributed by atoms with van der Waals surface area (Å²) in [7, 11) is 0. The minimum Gasteiger partial charge on any atom is -0.550 e. The molecule has 0 unspecified atom stereocenters. The van der Waals surface area contributed by atoms with Gasteiger partial charge in [-0.25, -0.2) is 0 Å². The van der Waals surface area contributed by atoms with Crippen molar-refractivity contribution < 1.29 is 44.6 Å². The molecule has 1 N–H and O–H groups in total. The van der Waals surface area contributed by atoms with Gasteiger partial charge in [-0.15, -0.1) is 11.8 Å². The van der Waals surface area contributed by atoms with Gasteiger partial charge in [-0.05, 0) is 23.6 Å². The molecular formula is C14H15NaO3S. The maximum absolute atomic E-state index is 10.7. The van der Waals surface area contributed by atoms with Crippen LogP contribution in [0.4, 0.5) is 0 Å². The van der Waals surface area contributed by atoms with Crippen LogP contribution in [0, 0.1) is 0 Å². The summed E-state index contributed by atoms with van der Waals surface area (Å²) in [5.74, 6) is -0.715. The number of carbonyl (C=O) groups is 1. The van der Waals surface area contributed by atoms with Gasteiger partial charge in [0.25, 0.3) is 0 Å². The van der Waals surface area contributed by atoms with Crippen molar-refractivity contribution >= 4 is 23.8 Å². The Morgan fingerprint density at radius 3 is 2.58 bits per heavy atom. The number of benzene rings is 1. The first-order chi connectivity index (χ1) is 8.58. The number of aliphatic hydroxyl groups excluding tert-OH is 1. The van der Waals surface area contributed by atoms with Gasteiger partial charge < -0.3 is 15.0 Å². The predicted molar refractivity (Wildman–Crippen MR) is 70.9 cm³/mol. The first kappa shape index (κ1) is 16.8. The molecule has 5 heteroatoms. The minimum absolute atomic E-state index is 0. The molecule has 3 nitrogen and oxygen atoms in total. The zero-order valence-electron chi connectivity index (χ0n) is 11.1. The molecule has 0 spiro atoms. The molecule has 19 heavy (non-hydrogen) atoms. The van der Waals surface area contributed by atoms with E-state index in [1.54, 1.807) is 30.8 Å². The summed E-state index contributed by atoms with van der Waals surface area (Å²) in [6.07, 6.45) is 2.41. The van der Waals surface area contributed by atoms with E-state index in [4.69, 9.17) is 0 Å². The van der Waals surface area contributed by atoms with E-state index >= 15 is 0 Å². The van der Waals surface area contributed by atoms with Crippen LogP contribution < -0.4 is 34.7 Å². The van der Waals surface area contributed by atoms with Crippen molar-refractivity contribution in [2.24, 2.45) is 0 Å². The van der Waals surface area contributed by atoms with Gasteiger partial charge in [0.15, 0.2) is 0 Å². The summed E-state index contributed by atoms with van der Waals surface area (Å²) >= 11 is 1.67. The van der Waals surface area contributed by atoms with Crippen molar-refractivity contribution in [3.8, 4) is 0 Å². The van der Waals surface area contributed by atoms with Crippen LogP contribution in [0.25, 0.3) is 6.08 Å². The molecule has 1 aliphatic heterocycles. The fourth-order valence-electron chi connectivity index (χ4n) is 1.85. The minimum atomic E-state index is -1.07. The first-order valence-electron chi connectivity index (χ1n) is 5.91. The molecule has 1 saturated heterocycles. The fraction of sp³-hybridized carbons (Fsp3) is 0.357. The second-order valence-corrected chi connectivity index (χ2v) is 5.58. The summed E-state index contributed by atoms with van der Waals surface area (Å²) in [5.41, 5.74) is 1.71.